The number of ether oxygens (including phenoxy) is 5. The van der Waals surface area contributed by atoms with Crippen LogP contribution in [0.4, 0.5) is 17.6 Å². The van der Waals surface area contributed by atoms with E-state index in [1.165, 1.54) is 18.5 Å². The third-order valence-electron chi connectivity index (χ3n) is 11.3. The summed E-state index contributed by atoms with van der Waals surface area (Å²) in [5, 5.41) is 11.3. The molecule has 354 valence electrons. The van der Waals surface area contributed by atoms with E-state index in [-0.39, 0.29) is 24.5 Å². The summed E-state index contributed by atoms with van der Waals surface area (Å²) in [6.07, 6.45) is -3.56. The minimum Gasteiger partial charge on any atom is -0.496 e. The Morgan fingerprint density at radius 3 is 2.41 bits per heavy atom. The quantitative estimate of drug-likeness (QED) is 0.0817. The number of carbonyl (C=O) groups is 1. The van der Waals surface area contributed by atoms with Gasteiger partial charge in [0.05, 0.1) is 28.8 Å². The van der Waals surface area contributed by atoms with E-state index in [0.717, 1.165) is 43.6 Å². The molecule has 19 heteroatoms. The number of carboxylic acid groups (broad SMARTS) is 1. The van der Waals surface area contributed by atoms with Gasteiger partial charge in [-0.1, -0.05) is 54.1 Å². The summed E-state index contributed by atoms with van der Waals surface area (Å²) < 4.78 is 83.8. The Balaban J connectivity index is 1.12. The Morgan fingerprint density at radius 1 is 0.882 bits per heavy atom. The SMILES string of the molecule is COc1ccccc1-c1nccc(COc2ccccc2C[C@@H](Oc2ncnc3sc(-c4ccc(F)c(OCC(F)(F)F)c4)c(-c4ccc(OCCN5CCN(C)CC5)c(Cl)c4C)c23)C(=O)O)n1. The number of aromatic nitrogens is 4. The highest BCUT2D eigenvalue weighted by atomic mass is 35.5. The summed E-state index contributed by atoms with van der Waals surface area (Å²) in [6.45, 7) is 4.92. The van der Waals surface area contributed by atoms with E-state index in [1.807, 2.05) is 24.3 Å². The van der Waals surface area contributed by atoms with Crippen LogP contribution in [0.3, 0.4) is 0 Å². The number of fused-ring (bicyclic) bond motifs is 1. The number of nitrogens with zero attached hydrogens (tertiary/aromatic N) is 6. The Hall–Kier alpha value is -6.60. The van der Waals surface area contributed by atoms with Crippen LogP contribution in [0.5, 0.6) is 28.9 Å². The normalized spacial score (nSPS) is 13.9. The molecule has 13 nitrogen and oxygen atoms in total. The van der Waals surface area contributed by atoms with Crippen molar-refractivity contribution in [1.29, 1.82) is 0 Å². The molecule has 7 aromatic rings. The van der Waals surface area contributed by atoms with Crippen LogP contribution in [0.15, 0.2) is 97.5 Å². The van der Waals surface area contributed by atoms with E-state index in [1.54, 1.807) is 62.7 Å². The first kappa shape index (κ1) is 47.9. The lowest BCUT2D eigenvalue weighted by molar-refractivity contribution is -0.153. The molecule has 0 amide bonds. The summed E-state index contributed by atoms with van der Waals surface area (Å²) in [5.41, 5.74) is 3.58. The number of para-hydroxylation sites is 2. The molecule has 0 saturated carbocycles. The number of carboxylic acids is 1. The van der Waals surface area contributed by atoms with E-state index < -0.39 is 36.4 Å². The van der Waals surface area contributed by atoms with Crippen LogP contribution in [-0.2, 0) is 17.8 Å². The first-order valence-corrected chi connectivity index (χ1v) is 22.6. The van der Waals surface area contributed by atoms with Crippen LogP contribution in [-0.4, -0.2) is 113 Å². The highest BCUT2D eigenvalue weighted by molar-refractivity contribution is 7.22. The van der Waals surface area contributed by atoms with E-state index in [2.05, 4.69) is 36.8 Å². The molecule has 0 unspecified atom stereocenters. The van der Waals surface area contributed by atoms with E-state index in [0.29, 0.717) is 89.9 Å². The molecule has 1 aliphatic rings. The molecule has 68 heavy (non-hydrogen) atoms. The lowest BCUT2D eigenvalue weighted by Crippen LogP contribution is -2.45. The molecular weight excluding hydrogens is 928 g/mol. The van der Waals surface area contributed by atoms with Gasteiger partial charge in [0.25, 0.3) is 0 Å². The smallest absolute Gasteiger partial charge is 0.422 e. The summed E-state index contributed by atoms with van der Waals surface area (Å²) in [5.74, 6) is -1.14. The Labute approximate surface area is 397 Å². The molecule has 8 rings (SSSR count). The summed E-state index contributed by atoms with van der Waals surface area (Å²) >= 11 is 8.16. The van der Waals surface area contributed by atoms with E-state index in [9.17, 15) is 27.5 Å². The number of piperazine rings is 1. The maximum absolute atomic E-state index is 15.0. The van der Waals surface area contributed by atoms with Gasteiger partial charge >= 0.3 is 12.1 Å². The number of likely N-dealkylation sites (N-methyl/N-ethyl adjacent to an activating group) is 1. The number of methoxy groups -OCH3 is 1. The number of halogens is 5. The van der Waals surface area contributed by atoms with Crippen molar-refractivity contribution in [3.05, 3.63) is 125 Å². The van der Waals surface area contributed by atoms with Crippen LogP contribution in [0.1, 0.15) is 16.8 Å². The van der Waals surface area contributed by atoms with Crippen molar-refractivity contribution in [3.63, 3.8) is 0 Å². The number of hydrogen-bond donors (Lipinski definition) is 1. The molecule has 0 bridgehead atoms. The largest absolute Gasteiger partial charge is 0.496 e. The average Bonchev–Trinajstić information content (AvgIpc) is 3.72. The number of thiophene rings is 1. The van der Waals surface area contributed by atoms with Crippen molar-refractivity contribution >= 4 is 39.1 Å². The average molecular weight is 973 g/mol. The van der Waals surface area contributed by atoms with Crippen LogP contribution in [0.2, 0.25) is 5.02 Å². The molecular formula is C49H45ClF4N6O7S. The second-order valence-electron chi connectivity index (χ2n) is 15.9. The molecule has 4 aromatic carbocycles. The van der Waals surface area contributed by atoms with Gasteiger partial charge < -0.3 is 33.7 Å². The molecule has 0 spiro atoms. The van der Waals surface area contributed by atoms with Gasteiger partial charge in [-0.2, -0.15) is 13.2 Å². The first-order valence-electron chi connectivity index (χ1n) is 21.4. The molecule has 4 heterocycles. The predicted molar refractivity (Wildman–Crippen MR) is 250 cm³/mol. The lowest BCUT2D eigenvalue weighted by atomic mass is 9.95. The van der Waals surface area contributed by atoms with Crippen molar-refractivity contribution in [3.8, 4) is 61.8 Å². The fourth-order valence-corrected chi connectivity index (χ4v) is 9.05. The minimum atomic E-state index is -4.72. The molecule has 1 N–H and O–H groups in total. The molecule has 1 aliphatic heterocycles. The number of hydrogen-bond acceptors (Lipinski definition) is 13. The van der Waals surface area contributed by atoms with Gasteiger partial charge in [0, 0.05) is 55.8 Å². The topological polar surface area (TPSA) is 141 Å². The highest BCUT2D eigenvalue weighted by Gasteiger charge is 2.31. The summed E-state index contributed by atoms with van der Waals surface area (Å²) in [4.78, 5) is 36.4. The van der Waals surface area contributed by atoms with Crippen LogP contribution >= 0.6 is 22.9 Å². The fraction of sp³-hybridized carbons (Fsp3) is 0.286. The Morgan fingerprint density at radius 2 is 1.65 bits per heavy atom. The van der Waals surface area contributed by atoms with Crippen molar-refractivity contribution in [2.24, 2.45) is 0 Å². The van der Waals surface area contributed by atoms with Crippen LogP contribution < -0.4 is 23.7 Å². The number of rotatable bonds is 18. The number of benzene rings is 4. The summed E-state index contributed by atoms with van der Waals surface area (Å²) in [7, 11) is 3.65. The van der Waals surface area contributed by atoms with Crippen molar-refractivity contribution in [1.82, 2.24) is 29.7 Å². The van der Waals surface area contributed by atoms with Gasteiger partial charge in [0.1, 0.15) is 41.6 Å². The van der Waals surface area contributed by atoms with Gasteiger partial charge in [-0.05, 0) is 78.7 Å². The van der Waals surface area contributed by atoms with Gasteiger partial charge in [-0.15, -0.1) is 11.3 Å². The lowest BCUT2D eigenvalue weighted by Gasteiger charge is -2.32. The van der Waals surface area contributed by atoms with Gasteiger partial charge in [0.2, 0.25) is 12.0 Å². The predicted octanol–water partition coefficient (Wildman–Crippen LogP) is 9.81. The van der Waals surface area contributed by atoms with Gasteiger partial charge in [-0.25, -0.2) is 29.1 Å². The van der Waals surface area contributed by atoms with Crippen molar-refractivity contribution in [2.45, 2.75) is 32.2 Å². The second-order valence-corrected chi connectivity index (χ2v) is 17.3. The molecule has 1 fully saturated rings. The van der Waals surface area contributed by atoms with E-state index in [4.69, 9.17) is 35.3 Å². The van der Waals surface area contributed by atoms with Gasteiger partial charge in [0.15, 0.2) is 24.0 Å². The highest BCUT2D eigenvalue weighted by Crippen LogP contribution is 2.50. The number of aliphatic carboxylic acids is 1. The number of alkyl halides is 3. The third kappa shape index (κ3) is 11.2. The zero-order valence-electron chi connectivity index (χ0n) is 37.1. The Kier molecular flexibility index (Phi) is 14.9. The molecule has 3 aromatic heterocycles. The Bertz CT molecular complexity index is 2920. The van der Waals surface area contributed by atoms with Crippen LogP contribution in [0, 0.1) is 12.7 Å². The van der Waals surface area contributed by atoms with Crippen LogP contribution in [0.25, 0.3) is 43.2 Å². The second kappa shape index (κ2) is 21.1. The third-order valence-corrected chi connectivity index (χ3v) is 12.9. The minimum absolute atomic E-state index is 0.0300. The van der Waals surface area contributed by atoms with Crippen molar-refractivity contribution < 1.29 is 51.1 Å². The van der Waals surface area contributed by atoms with Crippen molar-refractivity contribution in [2.75, 3.05) is 60.1 Å². The van der Waals surface area contributed by atoms with Gasteiger partial charge in [-0.3, -0.25) is 4.90 Å². The standard InChI is InChI=1S/C49H45ClF4N6O7S/c1-29-33(13-15-38(43(29)50)64-23-22-60-20-18-59(2)19-21-60)41-42-46(56-28-57-47(42)68-44(41)31-12-14-35(51)39(25-31)66-27-49(52,53)54)67-40(48(61)62)24-30-8-4-6-10-36(30)65-26-32-16-17-55-45(58-32)34-9-5-7-11-37(34)63-3/h4-17,25,28,40H,18-24,26-27H2,1-3H3,(H,61,62)/t40-/m1/s1. The van der Waals surface area contributed by atoms with E-state index >= 15 is 0 Å². The first-order chi connectivity index (χ1) is 32.8. The maximum atomic E-state index is 15.0. The molecule has 0 aliphatic carbocycles. The molecule has 1 atom stereocenters. The fourth-order valence-electron chi connectivity index (χ4n) is 7.68. The molecule has 1 saturated heterocycles. The molecule has 0 radical (unpaired) electrons. The zero-order chi connectivity index (χ0) is 48.0. The monoisotopic (exact) mass is 972 g/mol. The maximum Gasteiger partial charge on any atom is 0.422 e. The summed E-state index contributed by atoms with van der Waals surface area (Å²) in [6, 6.07) is 23.1. The zero-order valence-corrected chi connectivity index (χ0v) is 38.6.